The SMILES string of the molecule is CCNC(=O)c1cc(Br)cnc1OCC(C)C. The summed E-state index contributed by atoms with van der Waals surface area (Å²) >= 11 is 3.30. The van der Waals surface area contributed by atoms with E-state index in [1.807, 2.05) is 20.8 Å². The normalized spacial score (nSPS) is 10.4. The van der Waals surface area contributed by atoms with E-state index in [1.54, 1.807) is 12.3 Å². The number of hydrogen-bond acceptors (Lipinski definition) is 3. The quantitative estimate of drug-likeness (QED) is 0.909. The molecule has 0 aromatic carbocycles. The zero-order valence-electron chi connectivity index (χ0n) is 10.3. The van der Waals surface area contributed by atoms with Gasteiger partial charge in [-0.15, -0.1) is 0 Å². The highest BCUT2D eigenvalue weighted by Gasteiger charge is 2.14. The van der Waals surface area contributed by atoms with E-state index in [4.69, 9.17) is 4.74 Å². The molecule has 1 aromatic rings. The van der Waals surface area contributed by atoms with Gasteiger partial charge in [-0.25, -0.2) is 4.98 Å². The average molecular weight is 301 g/mol. The minimum Gasteiger partial charge on any atom is -0.477 e. The summed E-state index contributed by atoms with van der Waals surface area (Å²) in [6.07, 6.45) is 1.62. The van der Waals surface area contributed by atoms with Gasteiger partial charge in [0, 0.05) is 17.2 Å². The van der Waals surface area contributed by atoms with Gasteiger partial charge in [-0.05, 0) is 34.8 Å². The van der Waals surface area contributed by atoms with Crippen molar-refractivity contribution >= 4 is 21.8 Å². The summed E-state index contributed by atoms with van der Waals surface area (Å²) in [4.78, 5) is 15.9. The molecule has 0 aliphatic heterocycles. The van der Waals surface area contributed by atoms with E-state index >= 15 is 0 Å². The van der Waals surface area contributed by atoms with Crippen LogP contribution in [0.1, 0.15) is 31.1 Å². The van der Waals surface area contributed by atoms with E-state index in [0.29, 0.717) is 30.5 Å². The first-order valence-corrected chi connectivity index (χ1v) is 6.40. The maximum absolute atomic E-state index is 11.8. The van der Waals surface area contributed by atoms with Gasteiger partial charge in [0.05, 0.1) is 6.61 Å². The molecule has 0 aliphatic carbocycles. The van der Waals surface area contributed by atoms with Gasteiger partial charge in [0.1, 0.15) is 5.56 Å². The molecule has 1 N–H and O–H groups in total. The number of amides is 1. The maximum Gasteiger partial charge on any atom is 0.256 e. The molecule has 0 fully saturated rings. The highest BCUT2D eigenvalue weighted by atomic mass is 79.9. The zero-order chi connectivity index (χ0) is 12.8. The van der Waals surface area contributed by atoms with Crippen LogP contribution in [0.4, 0.5) is 0 Å². The Hall–Kier alpha value is -1.10. The largest absolute Gasteiger partial charge is 0.477 e. The molecule has 0 unspecified atom stereocenters. The molecule has 17 heavy (non-hydrogen) atoms. The maximum atomic E-state index is 11.8. The zero-order valence-corrected chi connectivity index (χ0v) is 11.9. The summed E-state index contributed by atoms with van der Waals surface area (Å²) in [5.74, 6) is 0.607. The number of nitrogens with zero attached hydrogens (tertiary/aromatic N) is 1. The number of pyridine rings is 1. The Bertz CT molecular complexity index is 394. The Kier molecular flexibility index (Phi) is 5.41. The predicted molar refractivity (Wildman–Crippen MR) is 70.3 cm³/mol. The van der Waals surface area contributed by atoms with Crippen LogP contribution in [0.2, 0.25) is 0 Å². The first-order chi connectivity index (χ1) is 8.04. The van der Waals surface area contributed by atoms with Crippen molar-refractivity contribution in [1.82, 2.24) is 10.3 Å². The van der Waals surface area contributed by atoms with Crippen molar-refractivity contribution in [3.05, 3.63) is 22.3 Å². The molecule has 1 rings (SSSR count). The lowest BCUT2D eigenvalue weighted by molar-refractivity contribution is 0.0950. The van der Waals surface area contributed by atoms with Gasteiger partial charge < -0.3 is 10.1 Å². The molecule has 0 radical (unpaired) electrons. The van der Waals surface area contributed by atoms with Crippen LogP contribution in [0.5, 0.6) is 5.88 Å². The molecule has 0 spiro atoms. The number of hydrogen-bond donors (Lipinski definition) is 1. The van der Waals surface area contributed by atoms with Crippen molar-refractivity contribution in [3.63, 3.8) is 0 Å². The molecule has 1 amide bonds. The molecule has 1 aromatic heterocycles. The van der Waals surface area contributed by atoms with Gasteiger partial charge in [0.15, 0.2) is 0 Å². The second-order valence-corrected chi connectivity index (χ2v) is 4.99. The first-order valence-electron chi connectivity index (χ1n) is 5.61. The van der Waals surface area contributed by atoms with Crippen LogP contribution >= 0.6 is 15.9 Å². The number of carbonyl (C=O) groups is 1. The van der Waals surface area contributed by atoms with Gasteiger partial charge in [-0.3, -0.25) is 4.79 Å². The molecule has 1 heterocycles. The fraction of sp³-hybridized carbons (Fsp3) is 0.500. The Morgan fingerprint density at radius 1 is 1.59 bits per heavy atom. The molecular formula is C12H17BrN2O2. The van der Waals surface area contributed by atoms with Crippen molar-refractivity contribution in [2.45, 2.75) is 20.8 Å². The number of nitrogens with one attached hydrogen (secondary N) is 1. The van der Waals surface area contributed by atoms with E-state index in [9.17, 15) is 4.79 Å². The number of carbonyl (C=O) groups excluding carboxylic acids is 1. The number of halogens is 1. The summed E-state index contributed by atoms with van der Waals surface area (Å²) in [5.41, 5.74) is 0.460. The minimum absolute atomic E-state index is 0.167. The number of rotatable bonds is 5. The van der Waals surface area contributed by atoms with E-state index in [2.05, 4.69) is 26.2 Å². The van der Waals surface area contributed by atoms with Crippen molar-refractivity contribution in [1.29, 1.82) is 0 Å². The molecular weight excluding hydrogens is 284 g/mol. The van der Waals surface area contributed by atoms with E-state index in [1.165, 1.54) is 0 Å². The van der Waals surface area contributed by atoms with Gasteiger partial charge >= 0.3 is 0 Å². The average Bonchev–Trinajstić information content (AvgIpc) is 2.27. The van der Waals surface area contributed by atoms with Crippen LogP contribution in [-0.4, -0.2) is 24.0 Å². The van der Waals surface area contributed by atoms with Crippen LogP contribution < -0.4 is 10.1 Å². The second-order valence-electron chi connectivity index (χ2n) is 4.07. The summed E-state index contributed by atoms with van der Waals surface area (Å²) < 4.78 is 6.29. The monoisotopic (exact) mass is 300 g/mol. The number of aromatic nitrogens is 1. The Labute approximate surface area is 110 Å². The van der Waals surface area contributed by atoms with E-state index in [0.717, 1.165) is 4.47 Å². The molecule has 0 atom stereocenters. The lowest BCUT2D eigenvalue weighted by Gasteiger charge is -2.11. The van der Waals surface area contributed by atoms with Crippen LogP contribution in [-0.2, 0) is 0 Å². The second kappa shape index (κ2) is 6.59. The first kappa shape index (κ1) is 14.0. The highest BCUT2D eigenvalue weighted by Crippen LogP contribution is 2.20. The summed E-state index contributed by atoms with van der Waals surface area (Å²) in [6, 6.07) is 1.72. The molecule has 4 nitrogen and oxygen atoms in total. The van der Waals surface area contributed by atoms with E-state index in [-0.39, 0.29) is 5.91 Å². The van der Waals surface area contributed by atoms with Gasteiger partial charge in [0.25, 0.3) is 5.91 Å². The summed E-state index contributed by atoms with van der Waals surface area (Å²) in [6.45, 7) is 7.09. The lowest BCUT2D eigenvalue weighted by Crippen LogP contribution is -2.24. The highest BCUT2D eigenvalue weighted by molar-refractivity contribution is 9.10. The Morgan fingerprint density at radius 3 is 2.88 bits per heavy atom. The van der Waals surface area contributed by atoms with Crippen LogP contribution in [0.15, 0.2) is 16.7 Å². The molecule has 0 saturated carbocycles. The number of ether oxygens (including phenoxy) is 1. The third kappa shape index (κ3) is 4.34. The van der Waals surface area contributed by atoms with Crippen molar-refractivity contribution in [2.75, 3.05) is 13.2 Å². The third-order valence-electron chi connectivity index (χ3n) is 1.95. The Balaban J connectivity index is 2.91. The third-order valence-corrected chi connectivity index (χ3v) is 2.39. The fourth-order valence-corrected chi connectivity index (χ4v) is 1.54. The Morgan fingerprint density at radius 2 is 2.29 bits per heavy atom. The molecule has 0 aliphatic rings. The molecule has 94 valence electrons. The predicted octanol–water partition coefficient (Wildman–Crippen LogP) is 2.63. The fourth-order valence-electron chi connectivity index (χ4n) is 1.21. The van der Waals surface area contributed by atoms with Crippen LogP contribution in [0.25, 0.3) is 0 Å². The molecule has 0 bridgehead atoms. The van der Waals surface area contributed by atoms with Gasteiger partial charge in [-0.1, -0.05) is 13.8 Å². The van der Waals surface area contributed by atoms with Gasteiger partial charge in [0.2, 0.25) is 5.88 Å². The van der Waals surface area contributed by atoms with Gasteiger partial charge in [-0.2, -0.15) is 0 Å². The molecule has 5 heteroatoms. The van der Waals surface area contributed by atoms with Crippen molar-refractivity contribution in [2.24, 2.45) is 5.92 Å². The van der Waals surface area contributed by atoms with Crippen molar-refractivity contribution < 1.29 is 9.53 Å². The standard InChI is InChI=1S/C12H17BrN2O2/c1-4-14-11(16)10-5-9(13)6-15-12(10)17-7-8(2)3/h5-6,8H,4,7H2,1-3H3,(H,14,16). The summed E-state index contributed by atoms with van der Waals surface area (Å²) in [5, 5.41) is 2.74. The lowest BCUT2D eigenvalue weighted by atomic mass is 10.2. The van der Waals surface area contributed by atoms with E-state index < -0.39 is 0 Å². The smallest absolute Gasteiger partial charge is 0.256 e. The summed E-state index contributed by atoms with van der Waals surface area (Å²) in [7, 11) is 0. The van der Waals surface area contributed by atoms with Crippen molar-refractivity contribution in [3.8, 4) is 5.88 Å². The van der Waals surface area contributed by atoms with Crippen LogP contribution in [0, 0.1) is 5.92 Å². The minimum atomic E-state index is -0.167. The van der Waals surface area contributed by atoms with Crippen LogP contribution in [0.3, 0.4) is 0 Å². The molecule has 0 saturated heterocycles. The topological polar surface area (TPSA) is 51.2 Å².